The lowest BCUT2D eigenvalue weighted by atomic mass is 10.1. The molecule has 4 aromatic rings. The molecule has 0 atom stereocenters. The third-order valence-electron chi connectivity index (χ3n) is 4.86. The molecular formula is C23H20N6O4. The molecule has 2 amide bonds. The molecule has 0 saturated heterocycles. The van der Waals surface area contributed by atoms with Crippen LogP contribution in [0.5, 0.6) is 0 Å². The number of aromatic nitrogens is 3. The van der Waals surface area contributed by atoms with Crippen molar-refractivity contribution in [2.75, 3.05) is 10.6 Å². The number of carbonyl (C=O) groups is 2. The van der Waals surface area contributed by atoms with E-state index in [-0.39, 0.29) is 23.3 Å². The highest BCUT2D eigenvalue weighted by molar-refractivity contribution is 6.09. The number of hydrogen-bond acceptors (Lipinski definition) is 6. The van der Waals surface area contributed by atoms with E-state index in [1.165, 1.54) is 12.1 Å². The second-order valence-corrected chi connectivity index (χ2v) is 7.87. The smallest absolute Gasteiger partial charge is 0.349 e. The summed E-state index contributed by atoms with van der Waals surface area (Å²) in [5.74, 6) is -1.02. The molecule has 10 heteroatoms. The number of benzene rings is 2. The Balaban J connectivity index is 1.64. The molecule has 0 spiro atoms. The summed E-state index contributed by atoms with van der Waals surface area (Å²) in [4.78, 5) is 42.0. The summed E-state index contributed by atoms with van der Waals surface area (Å²) in [6.45, 7) is 3.92. The summed E-state index contributed by atoms with van der Waals surface area (Å²) in [6.07, 6.45) is 0.385. The number of amides is 2. The number of anilines is 2. The average molecular weight is 444 g/mol. The fraction of sp³-hybridized carbons (Fsp3) is 0.174. The van der Waals surface area contributed by atoms with Gasteiger partial charge in [-0.2, -0.15) is 5.26 Å². The van der Waals surface area contributed by atoms with Gasteiger partial charge in [-0.25, -0.2) is 4.79 Å². The number of aromatic amines is 2. The summed E-state index contributed by atoms with van der Waals surface area (Å²) in [7, 11) is 0. The van der Waals surface area contributed by atoms with Gasteiger partial charge in [0.1, 0.15) is 5.69 Å². The summed E-state index contributed by atoms with van der Waals surface area (Å²) >= 11 is 0. The summed E-state index contributed by atoms with van der Waals surface area (Å²) < 4.78 is 4.55. The third-order valence-corrected chi connectivity index (χ3v) is 4.86. The maximum absolute atomic E-state index is 13.0. The third kappa shape index (κ3) is 4.67. The molecule has 2 aromatic carbocycles. The molecule has 10 nitrogen and oxygen atoms in total. The zero-order chi connectivity index (χ0) is 23.5. The van der Waals surface area contributed by atoms with Crippen LogP contribution < -0.4 is 16.4 Å². The Hall–Kier alpha value is -4.65. The minimum Gasteiger partial charge on any atom is -0.349 e. The van der Waals surface area contributed by atoms with Crippen LogP contribution in [0.15, 0.2) is 51.8 Å². The number of fused-ring (bicyclic) bond motifs is 1. The van der Waals surface area contributed by atoms with Crippen LogP contribution in [-0.4, -0.2) is 26.9 Å². The highest BCUT2D eigenvalue weighted by Crippen LogP contribution is 2.28. The van der Waals surface area contributed by atoms with E-state index < -0.39 is 11.7 Å². The van der Waals surface area contributed by atoms with Crippen LogP contribution in [0.4, 0.5) is 11.4 Å². The van der Waals surface area contributed by atoms with Crippen molar-refractivity contribution in [2.45, 2.75) is 20.3 Å². The Kier molecular flexibility index (Phi) is 5.78. The predicted molar refractivity (Wildman–Crippen MR) is 122 cm³/mol. The number of H-pyrrole nitrogens is 2. The van der Waals surface area contributed by atoms with Crippen molar-refractivity contribution in [3.05, 3.63) is 64.3 Å². The molecule has 0 radical (unpaired) electrons. The SMILES string of the molecule is CC(C)CC(=O)Nc1cccc2cc(C(=O)Nc3ccc(C#N)cc3-c3noc(=O)[nH]3)[nH]c12. The van der Waals surface area contributed by atoms with Crippen LogP contribution in [-0.2, 0) is 4.79 Å². The van der Waals surface area contributed by atoms with Gasteiger partial charge < -0.3 is 15.6 Å². The maximum Gasteiger partial charge on any atom is 0.439 e. The van der Waals surface area contributed by atoms with Crippen LogP contribution in [0, 0.1) is 17.2 Å². The number of nitrogens with zero attached hydrogens (tertiary/aromatic N) is 2. The van der Waals surface area contributed by atoms with Crippen molar-refractivity contribution in [3.8, 4) is 17.5 Å². The first-order valence-electron chi connectivity index (χ1n) is 10.2. The summed E-state index contributed by atoms with van der Waals surface area (Å²) in [6, 6.07) is 13.6. The molecule has 4 rings (SSSR count). The van der Waals surface area contributed by atoms with Gasteiger partial charge in [0.25, 0.3) is 5.91 Å². The Morgan fingerprint density at radius 1 is 1.12 bits per heavy atom. The Labute approximate surface area is 187 Å². The molecule has 33 heavy (non-hydrogen) atoms. The van der Waals surface area contributed by atoms with Crippen molar-refractivity contribution >= 4 is 34.1 Å². The quantitative estimate of drug-likeness (QED) is 0.356. The molecule has 2 heterocycles. The molecule has 0 unspecified atom stereocenters. The van der Waals surface area contributed by atoms with Gasteiger partial charge in [0.2, 0.25) is 5.91 Å². The summed E-state index contributed by atoms with van der Waals surface area (Å²) in [5.41, 5.74) is 2.44. The number of rotatable bonds is 6. The van der Waals surface area contributed by atoms with Gasteiger partial charge in [-0.1, -0.05) is 31.1 Å². The second-order valence-electron chi connectivity index (χ2n) is 7.87. The van der Waals surface area contributed by atoms with Gasteiger partial charge in [-0.15, -0.1) is 0 Å². The number of para-hydroxylation sites is 1. The van der Waals surface area contributed by atoms with Crippen LogP contribution in [0.2, 0.25) is 0 Å². The molecule has 2 aromatic heterocycles. The van der Waals surface area contributed by atoms with Crippen molar-refractivity contribution < 1.29 is 14.1 Å². The Morgan fingerprint density at radius 3 is 2.64 bits per heavy atom. The first kappa shape index (κ1) is 21.6. The highest BCUT2D eigenvalue weighted by Gasteiger charge is 2.17. The largest absolute Gasteiger partial charge is 0.439 e. The van der Waals surface area contributed by atoms with Crippen molar-refractivity contribution in [1.29, 1.82) is 5.26 Å². The molecule has 0 bridgehead atoms. The van der Waals surface area contributed by atoms with E-state index in [4.69, 9.17) is 0 Å². The highest BCUT2D eigenvalue weighted by atomic mass is 16.5. The molecule has 166 valence electrons. The van der Waals surface area contributed by atoms with Gasteiger partial charge in [0, 0.05) is 17.4 Å². The van der Waals surface area contributed by atoms with E-state index in [1.807, 2.05) is 26.0 Å². The van der Waals surface area contributed by atoms with Gasteiger partial charge in [-0.05, 0) is 36.2 Å². The fourth-order valence-electron chi connectivity index (χ4n) is 3.41. The molecular weight excluding hydrogens is 424 g/mol. The lowest BCUT2D eigenvalue weighted by Gasteiger charge is -2.09. The molecule has 0 aliphatic carbocycles. The van der Waals surface area contributed by atoms with Crippen molar-refractivity contribution in [1.82, 2.24) is 15.1 Å². The maximum atomic E-state index is 13.0. The van der Waals surface area contributed by atoms with Crippen LogP contribution in [0.25, 0.3) is 22.3 Å². The minimum atomic E-state index is -0.757. The predicted octanol–water partition coefficient (Wildman–Crippen LogP) is 3.62. The Bertz CT molecular complexity index is 1450. The van der Waals surface area contributed by atoms with Gasteiger partial charge in [0.15, 0.2) is 5.82 Å². The average Bonchev–Trinajstić information content (AvgIpc) is 3.40. The zero-order valence-corrected chi connectivity index (χ0v) is 17.9. The van der Waals surface area contributed by atoms with E-state index in [9.17, 15) is 19.6 Å². The molecule has 0 aliphatic rings. The van der Waals surface area contributed by atoms with E-state index in [2.05, 4.69) is 30.3 Å². The van der Waals surface area contributed by atoms with Crippen LogP contribution in [0.1, 0.15) is 36.3 Å². The molecule has 0 fully saturated rings. The summed E-state index contributed by atoms with van der Waals surface area (Å²) in [5, 5.41) is 19.2. The van der Waals surface area contributed by atoms with Crippen LogP contribution >= 0.6 is 0 Å². The molecule has 4 N–H and O–H groups in total. The van der Waals surface area contributed by atoms with Gasteiger partial charge >= 0.3 is 5.76 Å². The topological polar surface area (TPSA) is 157 Å². The lowest BCUT2D eigenvalue weighted by Crippen LogP contribution is -2.14. The number of carbonyl (C=O) groups excluding carboxylic acids is 2. The monoisotopic (exact) mass is 444 g/mol. The number of hydrogen-bond donors (Lipinski definition) is 4. The van der Waals surface area contributed by atoms with Crippen molar-refractivity contribution in [3.63, 3.8) is 0 Å². The minimum absolute atomic E-state index is 0.0826. The molecule has 0 aliphatic heterocycles. The van der Waals surface area contributed by atoms with E-state index in [1.54, 1.807) is 24.3 Å². The normalized spacial score (nSPS) is 10.8. The van der Waals surface area contributed by atoms with Gasteiger partial charge in [-0.3, -0.25) is 19.1 Å². The zero-order valence-electron chi connectivity index (χ0n) is 17.9. The van der Waals surface area contributed by atoms with E-state index >= 15 is 0 Å². The van der Waals surface area contributed by atoms with E-state index in [0.717, 1.165) is 5.39 Å². The first-order chi connectivity index (χ1) is 15.8. The Morgan fingerprint density at radius 2 is 1.94 bits per heavy atom. The van der Waals surface area contributed by atoms with Crippen molar-refractivity contribution in [2.24, 2.45) is 5.92 Å². The fourth-order valence-corrected chi connectivity index (χ4v) is 3.41. The standard InChI is InChI=1S/C23H20N6O4/c1-12(2)8-19(30)25-17-5-3-4-14-10-18(26-20(14)17)22(31)27-16-7-6-13(11-24)9-15(16)21-28-23(32)33-29-21/h3-7,9-10,12,26H,8H2,1-2H3,(H,25,30)(H,27,31)(H,28,29,32). The van der Waals surface area contributed by atoms with Gasteiger partial charge in [0.05, 0.1) is 28.5 Å². The first-order valence-corrected chi connectivity index (χ1v) is 10.2. The molecule has 0 saturated carbocycles. The second kappa shape index (κ2) is 8.84. The van der Waals surface area contributed by atoms with E-state index in [0.29, 0.717) is 34.4 Å². The van der Waals surface area contributed by atoms with Crippen LogP contribution in [0.3, 0.4) is 0 Å². The number of nitrogens with one attached hydrogen (secondary N) is 4. The lowest BCUT2D eigenvalue weighted by molar-refractivity contribution is -0.116. The number of nitriles is 1.